The molecule has 0 saturated heterocycles. The van der Waals surface area contributed by atoms with Crippen molar-refractivity contribution in [1.82, 2.24) is 20.1 Å². The van der Waals surface area contributed by atoms with Crippen LogP contribution in [0.4, 0.5) is 10.5 Å². The third-order valence-electron chi connectivity index (χ3n) is 3.37. The Bertz CT molecular complexity index is 696. The molecule has 7 heteroatoms. The molecule has 2 rings (SSSR count). The van der Waals surface area contributed by atoms with Crippen molar-refractivity contribution in [2.75, 3.05) is 5.32 Å². The number of carbonyl (C=O) groups excluding carboxylic acids is 1. The first kappa shape index (κ1) is 14.8. The van der Waals surface area contributed by atoms with Gasteiger partial charge in [-0.15, -0.1) is 0 Å². The Morgan fingerprint density at radius 3 is 2.48 bits per heavy atom. The molecule has 0 radical (unpaired) electrons. The Morgan fingerprint density at radius 1 is 1.33 bits per heavy atom. The maximum atomic E-state index is 12.1. The smallest absolute Gasteiger partial charge is 0.328 e. The number of aromatic nitrogens is 3. The van der Waals surface area contributed by atoms with Crippen LogP contribution in [0.15, 0.2) is 23.0 Å². The summed E-state index contributed by atoms with van der Waals surface area (Å²) in [6.07, 6.45) is 0. The summed E-state index contributed by atoms with van der Waals surface area (Å²) in [6, 6.07) is 5.08. The van der Waals surface area contributed by atoms with Crippen LogP contribution in [0.2, 0.25) is 0 Å². The van der Waals surface area contributed by atoms with E-state index in [1.807, 2.05) is 32.0 Å². The number of anilines is 1. The van der Waals surface area contributed by atoms with Gasteiger partial charge in [-0.2, -0.15) is 5.10 Å². The van der Waals surface area contributed by atoms with Gasteiger partial charge >= 0.3 is 11.7 Å². The third-order valence-corrected chi connectivity index (χ3v) is 3.37. The van der Waals surface area contributed by atoms with Gasteiger partial charge in [-0.25, -0.2) is 14.7 Å². The summed E-state index contributed by atoms with van der Waals surface area (Å²) in [5.74, 6) is 0.469. The van der Waals surface area contributed by atoms with E-state index in [4.69, 9.17) is 0 Å². The van der Waals surface area contributed by atoms with E-state index in [0.29, 0.717) is 5.82 Å². The average molecular weight is 289 g/mol. The zero-order valence-electron chi connectivity index (χ0n) is 12.5. The van der Waals surface area contributed by atoms with Crippen molar-refractivity contribution in [3.63, 3.8) is 0 Å². The molecule has 0 aliphatic heterocycles. The second kappa shape index (κ2) is 5.82. The Kier molecular flexibility index (Phi) is 4.11. The summed E-state index contributed by atoms with van der Waals surface area (Å²) < 4.78 is 1.37. The number of nitrogens with zero attached hydrogens (tertiary/aromatic N) is 2. The van der Waals surface area contributed by atoms with Crippen LogP contribution in [0, 0.1) is 13.8 Å². The SMILES string of the molecule is Cc1cccc(C)c1NC(=O)NC(C)c1n[nH]c(=O)n1C. The molecule has 21 heavy (non-hydrogen) atoms. The summed E-state index contributed by atoms with van der Waals surface area (Å²) >= 11 is 0. The van der Waals surface area contributed by atoms with E-state index < -0.39 is 6.04 Å². The highest BCUT2D eigenvalue weighted by Gasteiger charge is 2.16. The lowest BCUT2D eigenvalue weighted by Gasteiger charge is -2.16. The fourth-order valence-corrected chi connectivity index (χ4v) is 2.17. The summed E-state index contributed by atoms with van der Waals surface area (Å²) in [4.78, 5) is 23.4. The maximum Gasteiger partial charge on any atom is 0.343 e. The number of carbonyl (C=O) groups is 1. The molecule has 0 fully saturated rings. The number of amides is 2. The Morgan fingerprint density at radius 2 is 1.95 bits per heavy atom. The number of urea groups is 1. The Hall–Kier alpha value is -2.57. The molecule has 3 N–H and O–H groups in total. The van der Waals surface area contributed by atoms with Gasteiger partial charge < -0.3 is 10.6 Å². The zero-order valence-corrected chi connectivity index (χ0v) is 12.5. The van der Waals surface area contributed by atoms with E-state index in [1.165, 1.54) is 4.57 Å². The van der Waals surface area contributed by atoms with Crippen LogP contribution < -0.4 is 16.3 Å². The van der Waals surface area contributed by atoms with E-state index in [9.17, 15) is 9.59 Å². The molecule has 7 nitrogen and oxygen atoms in total. The summed E-state index contributed by atoms with van der Waals surface area (Å²) in [5, 5.41) is 11.8. The van der Waals surface area contributed by atoms with E-state index in [0.717, 1.165) is 16.8 Å². The van der Waals surface area contributed by atoms with Gasteiger partial charge in [0.05, 0.1) is 6.04 Å². The molecule has 1 unspecified atom stereocenters. The monoisotopic (exact) mass is 289 g/mol. The normalized spacial score (nSPS) is 12.0. The standard InChI is InChI=1S/C14H19N5O2/c1-8-6-5-7-9(2)11(8)16-13(20)15-10(3)12-17-18-14(21)19(12)4/h5-7,10H,1-4H3,(H,18,21)(H2,15,16,20). The number of benzene rings is 1. The molecule has 0 saturated carbocycles. The number of H-pyrrole nitrogens is 1. The van der Waals surface area contributed by atoms with Crippen molar-refractivity contribution >= 4 is 11.7 Å². The maximum absolute atomic E-state index is 12.1. The molecule has 0 spiro atoms. The third kappa shape index (κ3) is 3.13. The van der Waals surface area contributed by atoms with Gasteiger partial charge in [-0.1, -0.05) is 18.2 Å². The number of aryl methyl sites for hydroxylation is 2. The number of para-hydroxylation sites is 1. The quantitative estimate of drug-likeness (QED) is 0.801. The van der Waals surface area contributed by atoms with Gasteiger partial charge in [0.25, 0.3) is 0 Å². The van der Waals surface area contributed by atoms with Crippen LogP contribution in [0.25, 0.3) is 0 Å². The molecule has 2 amide bonds. The highest BCUT2D eigenvalue weighted by Crippen LogP contribution is 2.19. The van der Waals surface area contributed by atoms with Gasteiger partial charge in [0.2, 0.25) is 0 Å². The van der Waals surface area contributed by atoms with Crippen LogP contribution in [-0.2, 0) is 7.05 Å². The Balaban J connectivity index is 2.08. The van der Waals surface area contributed by atoms with Crippen LogP contribution in [0.3, 0.4) is 0 Å². The number of nitrogens with one attached hydrogen (secondary N) is 3. The lowest BCUT2D eigenvalue weighted by molar-refractivity contribution is 0.248. The van der Waals surface area contributed by atoms with Crippen molar-refractivity contribution in [2.45, 2.75) is 26.8 Å². The van der Waals surface area contributed by atoms with Gasteiger partial charge in [-0.05, 0) is 31.9 Å². The summed E-state index contributed by atoms with van der Waals surface area (Å²) in [5.41, 5.74) is 2.46. The molecule has 1 aromatic heterocycles. The summed E-state index contributed by atoms with van der Waals surface area (Å²) in [7, 11) is 1.60. The molecular formula is C14H19N5O2. The van der Waals surface area contributed by atoms with Gasteiger partial charge in [0.15, 0.2) is 5.82 Å². The first-order chi connectivity index (χ1) is 9.90. The van der Waals surface area contributed by atoms with Gasteiger partial charge in [-0.3, -0.25) is 4.57 Å². The van der Waals surface area contributed by atoms with Crippen LogP contribution in [0.1, 0.15) is 29.9 Å². The minimum atomic E-state index is -0.390. The molecule has 1 atom stereocenters. The molecular weight excluding hydrogens is 270 g/mol. The fraction of sp³-hybridized carbons (Fsp3) is 0.357. The predicted octanol–water partition coefficient (Wildman–Crippen LogP) is 1.61. The number of rotatable bonds is 3. The van der Waals surface area contributed by atoms with Crippen molar-refractivity contribution in [2.24, 2.45) is 7.05 Å². The number of aromatic amines is 1. The van der Waals surface area contributed by atoms with Crippen LogP contribution in [0.5, 0.6) is 0 Å². The zero-order chi connectivity index (χ0) is 15.6. The van der Waals surface area contributed by atoms with Gasteiger partial charge in [0, 0.05) is 12.7 Å². The molecule has 0 aliphatic carbocycles. The summed E-state index contributed by atoms with van der Waals surface area (Å²) in [6.45, 7) is 5.63. The van der Waals surface area contributed by atoms with E-state index >= 15 is 0 Å². The van der Waals surface area contributed by atoms with Crippen molar-refractivity contribution in [1.29, 1.82) is 0 Å². The minimum absolute atomic E-state index is 0.311. The molecule has 1 heterocycles. The van der Waals surface area contributed by atoms with Crippen LogP contribution >= 0.6 is 0 Å². The number of hydrogen-bond donors (Lipinski definition) is 3. The largest absolute Gasteiger partial charge is 0.343 e. The first-order valence-electron chi connectivity index (χ1n) is 6.65. The second-order valence-electron chi connectivity index (χ2n) is 5.03. The van der Waals surface area contributed by atoms with E-state index in [1.54, 1.807) is 14.0 Å². The lowest BCUT2D eigenvalue weighted by atomic mass is 10.1. The van der Waals surface area contributed by atoms with Crippen molar-refractivity contribution in [3.05, 3.63) is 45.6 Å². The fourth-order valence-electron chi connectivity index (χ4n) is 2.17. The molecule has 0 aliphatic rings. The second-order valence-corrected chi connectivity index (χ2v) is 5.03. The highest BCUT2D eigenvalue weighted by molar-refractivity contribution is 5.91. The van der Waals surface area contributed by atoms with E-state index in [-0.39, 0.29) is 11.7 Å². The van der Waals surface area contributed by atoms with E-state index in [2.05, 4.69) is 20.8 Å². The van der Waals surface area contributed by atoms with Crippen LogP contribution in [-0.4, -0.2) is 20.8 Å². The van der Waals surface area contributed by atoms with Crippen molar-refractivity contribution in [3.8, 4) is 0 Å². The Labute approximate surface area is 122 Å². The minimum Gasteiger partial charge on any atom is -0.328 e. The molecule has 2 aromatic rings. The molecule has 0 bridgehead atoms. The topological polar surface area (TPSA) is 91.8 Å². The predicted molar refractivity (Wildman–Crippen MR) is 80.3 cm³/mol. The molecule has 1 aromatic carbocycles. The lowest BCUT2D eigenvalue weighted by Crippen LogP contribution is -2.33. The van der Waals surface area contributed by atoms with Crippen molar-refractivity contribution < 1.29 is 4.79 Å². The highest BCUT2D eigenvalue weighted by atomic mass is 16.2. The molecule has 112 valence electrons. The average Bonchev–Trinajstić information content (AvgIpc) is 2.74. The van der Waals surface area contributed by atoms with Gasteiger partial charge in [0.1, 0.15) is 0 Å². The number of hydrogen-bond acceptors (Lipinski definition) is 3. The first-order valence-corrected chi connectivity index (χ1v) is 6.65.